The van der Waals surface area contributed by atoms with Crippen LogP contribution in [0.2, 0.25) is 0 Å². The summed E-state index contributed by atoms with van der Waals surface area (Å²) in [5.74, 6) is -0.842. The number of nitrogens with zero attached hydrogens (tertiary/aromatic N) is 1. The van der Waals surface area contributed by atoms with Gasteiger partial charge in [0.15, 0.2) is 0 Å². The van der Waals surface area contributed by atoms with E-state index in [4.69, 9.17) is 9.84 Å². The third-order valence-corrected chi connectivity index (χ3v) is 4.72. The molecule has 4 heteroatoms. The Kier molecular flexibility index (Phi) is 6.58. The summed E-state index contributed by atoms with van der Waals surface area (Å²) in [5, 5.41) is 8.84. The second-order valence-corrected chi connectivity index (χ2v) is 6.55. The Labute approximate surface area is 154 Å². The highest BCUT2D eigenvalue weighted by Crippen LogP contribution is 2.26. The van der Waals surface area contributed by atoms with E-state index < -0.39 is 5.97 Å². The van der Waals surface area contributed by atoms with Crippen molar-refractivity contribution in [2.75, 3.05) is 26.2 Å². The third-order valence-electron chi connectivity index (χ3n) is 4.72. The van der Waals surface area contributed by atoms with E-state index in [1.54, 1.807) is 0 Å². The molecule has 0 radical (unpaired) electrons. The van der Waals surface area contributed by atoms with Gasteiger partial charge < -0.3 is 14.7 Å². The summed E-state index contributed by atoms with van der Waals surface area (Å²) < 4.78 is 6.26. The minimum absolute atomic E-state index is 0.0651. The summed E-state index contributed by atoms with van der Waals surface area (Å²) in [6.45, 7) is 3.29. The van der Waals surface area contributed by atoms with Gasteiger partial charge >= 0.3 is 5.97 Å². The molecular weight excluding hydrogens is 326 g/mol. The molecule has 0 unspecified atom stereocenters. The number of benzene rings is 2. The maximum absolute atomic E-state index is 10.8. The van der Waals surface area contributed by atoms with E-state index >= 15 is 0 Å². The number of likely N-dealkylation sites (tertiary alicyclic amines) is 1. The van der Waals surface area contributed by atoms with Crippen molar-refractivity contribution in [1.82, 2.24) is 4.90 Å². The SMILES string of the molecule is O=C(O)C=C1CCN(CCOC(c2ccccc2)c2ccccc2)CC1. The monoisotopic (exact) mass is 351 g/mol. The third kappa shape index (κ3) is 5.28. The van der Waals surface area contributed by atoms with Gasteiger partial charge in [-0.05, 0) is 24.0 Å². The summed E-state index contributed by atoms with van der Waals surface area (Å²) in [6.07, 6.45) is 2.94. The fraction of sp³-hybridized carbons (Fsp3) is 0.318. The molecule has 1 heterocycles. The van der Waals surface area contributed by atoms with Crippen molar-refractivity contribution >= 4 is 5.97 Å². The normalized spacial score (nSPS) is 15.2. The van der Waals surface area contributed by atoms with Crippen molar-refractivity contribution in [2.24, 2.45) is 0 Å². The van der Waals surface area contributed by atoms with Crippen LogP contribution in [0.15, 0.2) is 72.3 Å². The summed E-state index contributed by atoms with van der Waals surface area (Å²) >= 11 is 0. The van der Waals surface area contributed by atoms with E-state index in [0.29, 0.717) is 6.61 Å². The predicted molar refractivity (Wildman–Crippen MR) is 102 cm³/mol. The van der Waals surface area contributed by atoms with Gasteiger partial charge in [0.25, 0.3) is 0 Å². The second kappa shape index (κ2) is 9.32. The summed E-state index contributed by atoms with van der Waals surface area (Å²) in [6, 6.07) is 20.6. The molecule has 3 rings (SSSR count). The van der Waals surface area contributed by atoms with Crippen molar-refractivity contribution in [1.29, 1.82) is 0 Å². The number of piperidine rings is 1. The Morgan fingerprint density at radius 1 is 1.00 bits per heavy atom. The molecular formula is C22H25NO3. The van der Waals surface area contributed by atoms with Crippen LogP contribution in [-0.4, -0.2) is 42.2 Å². The van der Waals surface area contributed by atoms with E-state index in [-0.39, 0.29) is 6.10 Å². The van der Waals surface area contributed by atoms with Crippen LogP contribution in [0, 0.1) is 0 Å². The van der Waals surface area contributed by atoms with Crippen molar-refractivity contribution in [3.05, 3.63) is 83.4 Å². The lowest BCUT2D eigenvalue weighted by atomic mass is 10.0. The van der Waals surface area contributed by atoms with E-state index in [0.717, 1.165) is 49.2 Å². The molecule has 2 aromatic carbocycles. The predicted octanol–water partition coefficient (Wildman–Crippen LogP) is 3.90. The number of ether oxygens (including phenoxy) is 1. The molecule has 136 valence electrons. The smallest absolute Gasteiger partial charge is 0.328 e. The minimum Gasteiger partial charge on any atom is -0.478 e. The largest absolute Gasteiger partial charge is 0.478 e. The Hall–Kier alpha value is -2.43. The Morgan fingerprint density at radius 3 is 2.04 bits per heavy atom. The molecule has 2 aromatic rings. The molecule has 26 heavy (non-hydrogen) atoms. The maximum atomic E-state index is 10.8. The average molecular weight is 351 g/mol. The summed E-state index contributed by atoms with van der Waals surface area (Å²) in [7, 11) is 0. The van der Waals surface area contributed by atoms with Crippen LogP contribution in [0.4, 0.5) is 0 Å². The number of carbonyl (C=O) groups is 1. The topological polar surface area (TPSA) is 49.8 Å². The fourth-order valence-electron chi connectivity index (χ4n) is 3.32. The molecule has 4 nitrogen and oxygen atoms in total. The molecule has 0 spiro atoms. The van der Waals surface area contributed by atoms with Crippen LogP contribution in [-0.2, 0) is 9.53 Å². The standard InChI is InChI=1S/C22H25NO3/c24-21(25)17-18-11-13-23(14-12-18)15-16-26-22(19-7-3-1-4-8-19)20-9-5-2-6-10-20/h1-10,17,22H,11-16H2,(H,24,25). The molecule has 0 aromatic heterocycles. The van der Waals surface area contributed by atoms with Crippen LogP contribution < -0.4 is 0 Å². The number of carboxylic acid groups (broad SMARTS) is 1. The zero-order chi connectivity index (χ0) is 18.2. The Morgan fingerprint density at radius 2 is 1.54 bits per heavy atom. The first-order chi connectivity index (χ1) is 12.7. The lowest BCUT2D eigenvalue weighted by Gasteiger charge is -2.29. The molecule has 0 amide bonds. The van der Waals surface area contributed by atoms with E-state index in [1.807, 2.05) is 36.4 Å². The van der Waals surface area contributed by atoms with E-state index in [2.05, 4.69) is 29.2 Å². The number of rotatable bonds is 7. The fourth-order valence-corrected chi connectivity index (χ4v) is 3.32. The molecule has 0 atom stereocenters. The van der Waals surface area contributed by atoms with Crippen LogP contribution in [0.25, 0.3) is 0 Å². The Bertz CT molecular complexity index is 678. The zero-order valence-corrected chi connectivity index (χ0v) is 14.9. The first-order valence-electron chi connectivity index (χ1n) is 9.08. The van der Waals surface area contributed by atoms with Gasteiger partial charge in [-0.3, -0.25) is 0 Å². The average Bonchev–Trinajstić information content (AvgIpc) is 2.67. The van der Waals surface area contributed by atoms with Crippen LogP contribution in [0.3, 0.4) is 0 Å². The maximum Gasteiger partial charge on any atom is 0.328 e. The van der Waals surface area contributed by atoms with Gasteiger partial charge in [0.1, 0.15) is 6.10 Å². The second-order valence-electron chi connectivity index (χ2n) is 6.55. The van der Waals surface area contributed by atoms with Gasteiger partial charge in [-0.1, -0.05) is 66.2 Å². The van der Waals surface area contributed by atoms with Crippen molar-refractivity contribution in [3.8, 4) is 0 Å². The summed E-state index contributed by atoms with van der Waals surface area (Å²) in [5.41, 5.74) is 3.34. The highest BCUT2D eigenvalue weighted by atomic mass is 16.5. The van der Waals surface area contributed by atoms with Crippen LogP contribution in [0.1, 0.15) is 30.1 Å². The number of hydrogen-bond acceptors (Lipinski definition) is 3. The molecule has 1 aliphatic heterocycles. The van der Waals surface area contributed by atoms with Crippen molar-refractivity contribution < 1.29 is 14.6 Å². The summed E-state index contributed by atoms with van der Waals surface area (Å²) in [4.78, 5) is 13.1. The zero-order valence-electron chi connectivity index (χ0n) is 14.9. The molecule has 0 bridgehead atoms. The van der Waals surface area contributed by atoms with Gasteiger partial charge in [-0.25, -0.2) is 4.79 Å². The molecule has 1 aliphatic rings. The Balaban J connectivity index is 1.55. The first-order valence-corrected chi connectivity index (χ1v) is 9.08. The van der Waals surface area contributed by atoms with Gasteiger partial charge in [0, 0.05) is 25.7 Å². The number of hydrogen-bond donors (Lipinski definition) is 1. The lowest BCUT2D eigenvalue weighted by Crippen LogP contribution is -2.34. The lowest BCUT2D eigenvalue weighted by molar-refractivity contribution is -0.131. The van der Waals surface area contributed by atoms with Gasteiger partial charge in [0.2, 0.25) is 0 Å². The van der Waals surface area contributed by atoms with Gasteiger partial charge in [-0.2, -0.15) is 0 Å². The van der Waals surface area contributed by atoms with Crippen LogP contribution in [0.5, 0.6) is 0 Å². The highest BCUT2D eigenvalue weighted by molar-refractivity contribution is 5.80. The minimum atomic E-state index is -0.842. The number of aliphatic carboxylic acids is 1. The molecule has 0 aliphatic carbocycles. The first kappa shape index (κ1) is 18.4. The quantitative estimate of drug-likeness (QED) is 0.769. The van der Waals surface area contributed by atoms with E-state index in [1.165, 1.54) is 6.08 Å². The van der Waals surface area contributed by atoms with Crippen molar-refractivity contribution in [3.63, 3.8) is 0 Å². The van der Waals surface area contributed by atoms with Gasteiger partial charge in [0.05, 0.1) is 6.61 Å². The highest BCUT2D eigenvalue weighted by Gasteiger charge is 2.17. The number of carboxylic acids is 1. The molecule has 1 fully saturated rings. The molecule has 1 saturated heterocycles. The molecule has 1 N–H and O–H groups in total. The van der Waals surface area contributed by atoms with Crippen LogP contribution >= 0.6 is 0 Å². The van der Waals surface area contributed by atoms with E-state index in [9.17, 15) is 4.79 Å². The molecule has 0 saturated carbocycles. The van der Waals surface area contributed by atoms with Gasteiger partial charge in [-0.15, -0.1) is 0 Å². The van der Waals surface area contributed by atoms with Crippen molar-refractivity contribution in [2.45, 2.75) is 18.9 Å².